The van der Waals surface area contributed by atoms with Crippen molar-refractivity contribution in [1.82, 2.24) is 9.97 Å². The third-order valence-corrected chi connectivity index (χ3v) is 11.6. The van der Waals surface area contributed by atoms with Crippen molar-refractivity contribution in [3.63, 3.8) is 0 Å². The van der Waals surface area contributed by atoms with E-state index in [0.717, 1.165) is 79.4 Å². The van der Waals surface area contributed by atoms with E-state index in [1.54, 1.807) is 18.0 Å². The highest BCUT2D eigenvalue weighted by Gasteiger charge is 2.59. The van der Waals surface area contributed by atoms with Gasteiger partial charge in [0.15, 0.2) is 0 Å². The molecule has 4 saturated carbocycles. The lowest BCUT2D eigenvalue weighted by Gasteiger charge is -2.26. The zero-order chi connectivity index (χ0) is 30.6. The summed E-state index contributed by atoms with van der Waals surface area (Å²) < 4.78 is 12.3. The fourth-order valence-corrected chi connectivity index (χ4v) is 9.68. The SMILES string of the molecule is c1cnc2oc3cc(N(c4ccc(-c5ccc(C6C7CC8CC7CC86)cc5)cc4)c4ccc5oc6ncccc6c5c4)ccc3c2c1. The molecule has 4 fully saturated rings. The maximum atomic E-state index is 6.22. The second-order valence-electron chi connectivity index (χ2n) is 13.9. The highest BCUT2D eigenvalue weighted by atomic mass is 16.3. The summed E-state index contributed by atoms with van der Waals surface area (Å²) in [5, 5.41) is 4.12. The Hall–Kier alpha value is -5.42. The van der Waals surface area contributed by atoms with Crippen molar-refractivity contribution in [1.29, 1.82) is 0 Å². The number of anilines is 3. The van der Waals surface area contributed by atoms with E-state index in [-0.39, 0.29) is 0 Å². The zero-order valence-electron chi connectivity index (χ0n) is 25.7. The maximum absolute atomic E-state index is 6.22. The van der Waals surface area contributed by atoms with E-state index < -0.39 is 0 Å². The molecule has 0 amide bonds. The van der Waals surface area contributed by atoms with Gasteiger partial charge in [0.25, 0.3) is 0 Å². The van der Waals surface area contributed by atoms with Crippen LogP contribution in [0.1, 0.15) is 30.7 Å². The normalized spacial score (nSPS) is 22.9. The van der Waals surface area contributed by atoms with Crippen LogP contribution in [0.15, 0.2) is 130 Å². The van der Waals surface area contributed by atoms with Crippen LogP contribution in [0.4, 0.5) is 17.1 Å². The van der Waals surface area contributed by atoms with Gasteiger partial charge in [0.2, 0.25) is 11.4 Å². The van der Waals surface area contributed by atoms with Crippen LogP contribution in [-0.2, 0) is 0 Å². The molecule has 4 aliphatic carbocycles. The van der Waals surface area contributed by atoms with Crippen LogP contribution in [0, 0.1) is 23.7 Å². The number of aromatic nitrogens is 2. The van der Waals surface area contributed by atoms with Gasteiger partial charge in [-0.3, -0.25) is 0 Å². The standard InChI is InChI=1S/C42H31N3O2/c1-3-33-32-15-13-31(23-39(32)47-41(33)43-17-1)45(30-14-16-38-37(22-30)34-4-2-18-44-42(34)46-38)29-11-9-25(10-12-29)24-5-7-26(8-6-24)40-35-20-27-19-28(35)21-36(27)40/h1-18,22-23,27-28,35-36,40H,19-21H2. The molecule has 4 unspecified atom stereocenters. The highest BCUT2D eigenvalue weighted by molar-refractivity contribution is 6.07. The molecule has 4 aliphatic rings. The van der Waals surface area contributed by atoms with Gasteiger partial charge < -0.3 is 13.7 Å². The van der Waals surface area contributed by atoms with Gasteiger partial charge in [-0.05, 0) is 132 Å². The minimum atomic E-state index is 0.648. The van der Waals surface area contributed by atoms with E-state index in [4.69, 9.17) is 8.83 Å². The summed E-state index contributed by atoms with van der Waals surface area (Å²) in [4.78, 5) is 11.2. The lowest BCUT2D eigenvalue weighted by atomic mass is 9.83. The first kappa shape index (κ1) is 25.7. The Morgan fingerprint density at radius 2 is 1.11 bits per heavy atom. The molecule has 4 aromatic heterocycles. The van der Waals surface area contributed by atoms with Crippen molar-refractivity contribution < 1.29 is 8.83 Å². The molecule has 5 nitrogen and oxygen atoms in total. The number of furan rings is 2. The summed E-state index contributed by atoms with van der Waals surface area (Å²) in [5.74, 6) is 4.67. The summed E-state index contributed by atoms with van der Waals surface area (Å²) in [6.45, 7) is 0. The van der Waals surface area contributed by atoms with Crippen molar-refractivity contribution in [2.75, 3.05) is 4.90 Å². The molecular weight excluding hydrogens is 578 g/mol. The number of pyridine rings is 2. The number of rotatable bonds is 5. The molecule has 0 aliphatic heterocycles. The Bertz CT molecular complexity index is 2480. The van der Waals surface area contributed by atoms with E-state index in [2.05, 4.69) is 106 Å². The third kappa shape index (κ3) is 3.77. The molecule has 5 heteroatoms. The molecule has 4 heterocycles. The molecule has 0 N–H and O–H groups in total. The number of nitrogens with zero attached hydrogens (tertiary/aromatic N) is 3. The zero-order valence-corrected chi connectivity index (χ0v) is 25.7. The summed E-state index contributed by atoms with van der Waals surface area (Å²) in [7, 11) is 0. The Kier molecular flexibility index (Phi) is 5.23. The van der Waals surface area contributed by atoms with Crippen LogP contribution in [0.3, 0.4) is 0 Å². The number of hydrogen-bond acceptors (Lipinski definition) is 5. The van der Waals surface area contributed by atoms with E-state index in [1.807, 2.05) is 18.2 Å². The van der Waals surface area contributed by atoms with Gasteiger partial charge in [-0.15, -0.1) is 0 Å². The third-order valence-electron chi connectivity index (χ3n) is 11.6. The van der Waals surface area contributed by atoms with Crippen LogP contribution in [0.2, 0.25) is 0 Å². The summed E-state index contributed by atoms with van der Waals surface area (Å²) >= 11 is 0. The number of fused-ring (bicyclic) bond motifs is 6. The van der Waals surface area contributed by atoms with Crippen molar-refractivity contribution in [3.05, 3.63) is 127 Å². The van der Waals surface area contributed by atoms with Gasteiger partial charge in [0.05, 0.1) is 0 Å². The van der Waals surface area contributed by atoms with Gasteiger partial charge in [-0.1, -0.05) is 36.4 Å². The Morgan fingerprint density at radius 3 is 1.81 bits per heavy atom. The van der Waals surface area contributed by atoms with Gasteiger partial charge in [0, 0.05) is 57.1 Å². The lowest BCUT2D eigenvalue weighted by Crippen LogP contribution is -2.11. The van der Waals surface area contributed by atoms with E-state index in [1.165, 1.54) is 30.4 Å². The van der Waals surface area contributed by atoms with Crippen LogP contribution in [0.25, 0.3) is 55.3 Å². The minimum Gasteiger partial charge on any atom is -0.438 e. The van der Waals surface area contributed by atoms with E-state index in [9.17, 15) is 0 Å². The molecule has 0 saturated heterocycles. The van der Waals surface area contributed by atoms with E-state index in [0.29, 0.717) is 11.4 Å². The topological polar surface area (TPSA) is 55.3 Å². The van der Waals surface area contributed by atoms with Crippen LogP contribution >= 0.6 is 0 Å². The number of hydrogen-bond donors (Lipinski definition) is 0. The molecule has 0 spiro atoms. The first-order chi connectivity index (χ1) is 23.2. The Morgan fingerprint density at radius 1 is 0.511 bits per heavy atom. The van der Waals surface area contributed by atoms with Crippen LogP contribution in [0.5, 0.6) is 0 Å². The Labute approximate surface area is 271 Å². The van der Waals surface area contributed by atoms with Crippen molar-refractivity contribution in [3.8, 4) is 11.1 Å². The second-order valence-corrected chi connectivity index (χ2v) is 13.9. The van der Waals surface area contributed by atoms with Crippen LogP contribution < -0.4 is 4.90 Å². The number of benzene rings is 4. The summed E-state index contributed by atoms with van der Waals surface area (Å²) in [6, 6.07) is 39.2. The molecule has 0 radical (unpaired) electrons. The van der Waals surface area contributed by atoms with E-state index >= 15 is 0 Å². The van der Waals surface area contributed by atoms with Crippen LogP contribution in [-0.4, -0.2) is 9.97 Å². The predicted octanol–water partition coefficient (Wildman–Crippen LogP) is 11.2. The van der Waals surface area contributed by atoms with Gasteiger partial charge in [0.1, 0.15) is 11.2 Å². The average Bonchev–Trinajstić information content (AvgIpc) is 3.97. The predicted molar refractivity (Wildman–Crippen MR) is 187 cm³/mol. The average molecular weight is 610 g/mol. The maximum Gasteiger partial charge on any atom is 0.227 e. The molecular formula is C42H31N3O2. The van der Waals surface area contributed by atoms with Gasteiger partial charge in [-0.2, -0.15) is 0 Å². The Balaban J connectivity index is 0.993. The van der Waals surface area contributed by atoms with Crippen molar-refractivity contribution >= 4 is 61.2 Å². The summed E-state index contributed by atoms with van der Waals surface area (Å²) in [6.07, 6.45) is 7.99. The minimum absolute atomic E-state index is 0.648. The van der Waals surface area contributed by atoms with Crippen molar-refractivity contribution in [2.24, 2.45) is 23.7 Å². The molecule has 4 bridgehead atoms. The van der Waals surface area contributed by atoms with Gasteiger partial charge >= 0.3 is 0 Å². The lowest BCUT2D eigenvalue weighted by molar-refractivity contribution is 0.398. The highest BCUT2D eigenvalue weighted by Crippen LogP contribution is 2.69. The van der Waals surface area contributed by atoms with Gasteiger partial charge in [-0.25, -0.2) is 9.97 Å². The molecule has 47 heavy (non-hydrogen) atoms. The van der Waals surface area contributed by atoms with Crippen molar-refractivity contribution in [2.45, 2.75) is 25.2 Å². The quantitative estimate of drug-likeness (QED) is 0.194. The molecule has 4 atom stereocenters. The summed E-state index contributed by atoms with van der Waals surface area (Å²) in [5.41, 5.74) is 10.1. The molecule has 12 rings (SSSR count). The smallest absolute Gasteiger partial charge is 0.227 e. The largest absolute Gasteiger partial charge is 0.438 e. The first-order valence-corrected chi connectivity index (χ1v) is 16.8. The molecule has 8 aromatic rings. The monoisotopic (exact) mass is 609 g/mol. The molecule has 226 valence electrons. The fourth-order valence-electron chi connectivity index (χ4n) is 9.68. The fraction of sp³-hybridized carbons (Fsp3) is 0.190. The first-order valence-electron chi connectivity index (χ1n) is 16.8. The molecule has 4 aromatic carbocycles. The second kappa shape index (κ2) is 9.55.